The molecule has 0 atom stereocenters. The van der Waals surface area contributed by atoms with E-state index in [-0.39, 0.29) is 11.4 Å². The van der Waals surface area contributed by atoms with Crippen molar-refractivity contribution in [1.82, 2.24) is 4.31 Å². The fraction of sp³-hybridized carbons (Fsp3) is 0.133. The number of hydrogen-bond donors (Lipinski definition) is 1. The van der Waals surface area contributed by atoms with Crippen molar-refractivity contribution in [2.24, 2.45) is 0 Å². The van der Waals surface area contributed by atoms with Crippen LogP contribution in [0.1, 0.15) is 5.56 Å². The molecule has 0 aliphatic heterocycles. The second-order valence-corrected chi connectivity index (χ2v) is 7.12. The van der Waals surface area contributed by atoms with Crippen molar-refractivity contribution in [3.8, 4) is 0 Å². The van der Waals surface area contributed by atoms with Gasteiger partial charge >= 0.3 is 5.97 Å². The van der Waals surface area contributed by atoms with Crippen LogP contribution < -0.4 is 0 Å². The maximum absolute atomic E-state index is 12.9. The summed E-state index contributed by atoms with van der Waals surface area (Å²) in [6, 6.07) is 10.6. The van der Waals surface area contributed by atoms with Gasteiger partial charge in [0.05, 0.1) is 4.90 Å². The third kappa shape index (κ3) is 4.51. The topological polar surface area (TPSA) is 74.7 Å². The maximum atomic E-state index is 12.9. The zero-order chi connectivity index (χ0) is 17.0. The summed E-state index contributed by atoms with van der Waals surface area (Å²) < 4.78 is 38.9. The first kappa shape index (κ1) is 17.4. The number of nitrogens with zero attached hydrogens (tertiary/aromatic N) is 1. The molecule has 2 rings (SSSR count). The summed E-state index contributed by atoms with van der Waals surface area (Å²) in [5, 5.41) is 9.34. The van der Waals surface area contributed by atoms with E-state index in [0.29, 0.717) is 10.6 Å². The van der Waals surface area contributed by atoms with Crippen LogP contribution in [-0.2, 0) is 21.4 Å². The third-order valence-corrected chi connectivity index (χ3v) is 5.09. The normalized spacial score (nSPS) is 11.6. The maximum Gasteiger partial charge on any atom is 0.318 e. The Labute approximate surface area is 138 Å². The molecule has 0 aromatic heterocycles. The molecule has 0 saturated heterocycles. The number of carboxylic acids is 1. The summed E-state index contributed by atoms with van der Waals surface area (Å²) in [7, 11) is -4.02. The zero-order valence-electron chi connectivity index (χ0n) is 11.8. The number of sulfonamides is 1. The molecule has 0 bridgehead atoms. The van der Waals surface area contributed by atoms with Crippen LogP contribution in [0.4, 0.5) is 4.39 Å². The Kier molecular flexibility index (Phi) is 5.35. The summed E-state index contributed by atoms with van der Waals surface area (Å²) >= 11 is 5.73. The van der Waals surface area contributed by atoms with Crippen molar-refractivity contribution in [1.29, 1.82) is 0 Å². The van der Waals surface area contributed by atoms with Crippen LogP contribution in [0.15, 0.2) is 53.4 Å². The first-order chi connectivity index (χ1) is 10.8. The molecule has 0 fully saturated rings. The number of carboxylic acid groups (broad SMARTS) is 1. The van der Waals surface area contributed by atoms with Crippen molar-refractivity contribution >= 4 is 27.6 Å². The minimum atomic E-state index is -4.02. The monoisotopic (exact) mass is 357 g/mol. The Hall–Kier alpha value is -1.96. The van der Waals surface area contributed by atoms with Gasteiger partial charge in [-0.3, -0.25) is 4.79 Å². The predicted octanol–water partition coefficient (Wildman–Crippen LogP) is 2.75. The van der Waals surface area contributed by atoms with Crippen molar-refractivity contribution in [2.75, 3.05) is 6.54 Å². The molecule has 8 heteroatoms. The molecule has 0 spiro atoms. The molecule has 0 radical (unpaired) electrons. The Morgan fingerprint density at radius 1 is 1.09 bits per heavy atom. The van der Waals surface area contributed by atoms with Crippen LogP contribution in [-0.4, -0.2) is 30.3 Å². The third-order valence-electron chi connectivity index (χ3n) is 3.04. The number of aliphatic carboxylic acids is 1. The number of carbonyl (C=O) groups is 1. The fourth-order valence-corrected chi connectivity index (χ4v) is 3.43. The smallest absolute Gasteiger partial charge is 0.318 e. The average molecular weight is 358 g/mol. The van der Waals surface area contributed by atoms with Crippen molar-refractivity contribution in [2.45, 2.75) is 11.4 Å². The molecule has 122 valence electrons. The van der Waals surface area contributed by atoms with Crippen LogP contribution in [0.5, 0.6) is 0 Å². The van der Waals surface area contributed by atoms with E-state index in [1.807, 2.05) is 0 Å². The largest absolute Gasteiger partial charge is 0.480 e. The van der Waals surface area contributed by atoms with E-state index in [1.165, 1.54) is 48.5 Å². The molecule has 2 aromatic rings. The average Bonchev–Trinajstić information content (AvgIpc) is 2.49. The molecule has 23 heavy (non-hydrogen) atoms. The van der Waals surface area contributed by atoms with Gasteiger partial charge in [-0.15, -0.1) is 0 Å². The Morgan fingerprint density at radius 3 is 2.17 bits per heavy atom. The van der Waals surface area contributed by atoms with Crippen LogP contribution in [0.3, 0.4) is 0 Å². The Balaban J connectivity index is 2.34. The summed E-state index contributed by atoms with van der Waals surface area (Å²) in [4.78, 5) is 10.9. The highest BCUT2D eigenvalue weighted by Gasteiger charge is 2.26. The van der Waals surface area contributed by atoms with Crippen molar-refractivity contribution in [3.63, 3.8) is 0 Å². The molecule has 0 heterocycles. The van der Waals surface area contributed by atoms with E-state index in [2.05, 4.69) is 0 Å². The summed E-state index contributed by atoms with van der Waals surface area (Å²) in [6.07, 6.45) is 0. The molecule has 0 saturated carbocycles. The van der Waals surface area contributed by atoms with Gasteiger partial charge in [-0.2, -0.15) is 4.31 Å². The number of halogens is 2. The number of hydrogen-bond acceptors (Lipinski definition) is 3. The van der Waals surface area contributed by atoms with Gasteiger partial charge in [-0.25, -0.2) is 12.8 Å². The Morgan fingerprint density at radius 2 is 1.65 bits per heavy atom. The molecule has 0 amide bonds. The molecule has 0 aliphatic rings. The minimum Gasteiger partial charge on any atom is -0.480 e. The molecule has 1 N–H and O–H groups in total. The Bertz CT molecular complexity index is 791. The standard InChI is InChI=1S/C15H13ClFNO4S/c16-12-3-7-14(8-4-12)23(21,22)18(10-15(19)20)9-11-1-5-13(17)6-2-11/h1-8H,9-10H2,(H,19,20). The van der Waals surface area contributed by atoms with E-state index in [4.69, 9.17) is 16.7 Å². The highest BCUT2D eigenvalue weighted by atomic mass is 35.5. The second-order valence-electron chi connectivity index (χ2n) is 4.75. The van der Waals surface area contributed by atoms with Crippen LogP contribution in [0, 0.1) is 5.82 Å². The first-order valence-electron chi connectivity index (χ1n) is 6.51. The zero-order valence-corrected chi connectivity index (χ0v) is 13.4. The molecular weight excluding hydrogens is 345 g/mol. The van der Waals surface area contributed by atoms with Gasteiger partial charge in [0.2, 0.25) is 10.0 Å². The van der Waals surface area contributed by atoms with Crippen LogP contribution >= 0.6 is 11.6 Å². The van der Waals surface area contributed by atoms with Gasteiger partial charge in [0, 0.05) is 11.6 Å². The van der Waals surface area contributed by atoms with E-state index >= 15 is 0 Å². The van der Waals surface area contributed by atoms with Gasteiger partial charge in [-0.05, 0) is 42.0 Å². The summed E-state index contributed by atoms with van der Waals surface area (Å²) in [6.45, 7) is -0.889. The van der Waals surface area contributed by atoms with E-state index in [1.54, 1.807) is 0 Å². The summed E-state index contributed by atoms with van der Waals surface area (Å²) in [5.41, 5.74) is 0.477. The fourth-order valence-electron chi connectivity index (χ4n) is 1.93. The van der Waals surface area contributed by atoms with Gasteiger partial charge in [0.1, 0.15) is 12.4 Å². The van der Waals surface area contributed by atoms with E-state index < -0.39 is 28.4 Å². The molecule has 0 aliphatic carbocycles. The lowest BCUT2D eigenvalue weighted by atomic mass is 10.2. The molecular formula is C15H13ClFNO4S. The molecule has 0 unspecified atom stereocenters. The molecule has 5 nitrogen and oxygen atoms in total. The summed E-state index contributed by atoms with van der Waals surface area (Å²) in [5.74, 6) is -1.75. The van der Waals surface area contributed by atoms with Crippen molar-refractivity contribution in [3.05, 3.63) is 64.9 Å². The minimum absolute atomic E-state index is 0.0646. The second kappa shape index (κ2) is 7.08. The quantitative estimate of drug-likeness (QED) is 0.862. The van der Waals surface area contributed by atoms with Gasteiger partial charge in [-0.1, -0.05) is 23.7 Å². The van der Waals surface area contributed by atoms with Crippen LogP contribution in [0.25, 0.3) is 0 Å². The van der Waals surface area contributed by atoms with Gasteiger partial charge in [0.25, 0.3) is 0 Å². The lowest BCUT2D eigenvalue weighted by molar-refractivity contribution is -0.137. The predicted molar refractivity (Wildman–Crippen MR) is 83.1 cm³/mol. The van der Waals surface area contributed by atoms with Gasteiger partial charge in [0.15, 0.2) is 0 Å². The molecule has 2 aromatic carbocycles. The number of benzene rings is 2. The highest BCUT2D eigenvalue weighted by Crippen LogP contribution is 2.20. The SMILES string of the molecule is O=C(O)CN(Cc1ccc(F)cc1)S(=O)(=O)c1ccc(Cl)cc1. The van der Waals surface area contributed by atoms with E-state index in [0.717, 1.165) is 4.31 Å². The van der Waals surface area contributed by atoms with Gasteiger partial charge < -0.3 is 5.11 Å². The number of rotatable bonds is 6. The van der Waals surface area contributed by atoms with Crippen molar-refractivity contribution < 1.29 is 22.7 Å². The lowest BCUT2D eigenvalue weighted by Crippen LogP contribution is -2.35. The van der Waals surface area contributed by atoms with Crippen LogP contribution in [0.2, 0.25) is 5.02 Å². The highest BCUT2D eigenvalue weighted by molar-refractivity contribution is 7.89. The lowest BCUT2D eigenvalue weighted by Gasteiger charge is -2.20. The van der Waals surface area contributed by atoms with E-state index in [9.17, 15) is 17.6 Å². The first-order valence-corrected chi connectivity index (χ1v) is 8.33.